The highest BCUT2D eigenvalue weighted by Gasteiger charge is 2.25. The second kappa shape index (κ2) is 6.54. The maximum Gasteiger partial charge on any atom is 0.255 e. The van der Waals surface area contributed by atoms with E-state index in [0.717, 1.165) is 0 Å². The predicted molar refractivity (Wildman–Crippen MR) is 81.2 cm³/mol. The first kappa shape index (κ1) is 15.9. The van der Waals surface area contributed by atoms with Gasteiger partial charge in [-0.1, -0.05) is 23.2 Å². The molecule has 1 saturated heterocycles. The molecule has 1 aromatic rings. The highest BCUT2D eigenvalue weighted by molar-refractivity contribution is 6.36. The van der Waals surface area contributed by atoms with Crippen molar-refractivity contribution in [3.05, 3.63) is 27.7 Å². The van der Waals surface area contributed by atoms with Crippen LogP contribution < -0.4 is 4.74 Å². The van der Waals surface area contributed by atoms with E-state index in [1.165, 1.54) is 26.2 Å². The summed E-state index contributed by atoms with van der Waals surface area (Å²) in [6.45, 7) is 3.56. The van der Waals surface area contributed by atoms with Crippen LogP contribution in [0.15, 0.2) is 12.1 Å². The van der Waals surface area contributed by atoms with Gasteiger partial charge < -0.3 is 14.5 Å². The number of hydrogen-bond donors (Lipinski definition) is 0. The van der Waals surface area contributed by atoms with Crippen molar-refractivity contribution in [2.45, 2.75) is 6.92 Å². The van der Waals surface area contributed by atoms with E-state index in [1.54, 1.807) is 9.80 Å². The zero-order valence-electron chi connectivity index (χ0n) is 11.9. The van der Waals surface area contributed by atoms with Crippen LogP contribution in [0, 0.1) is 0 Å². The molecule has 7 heteroatoms. The van der Waals surface area contributed by atoms with Crippen LogP contribution in [0.1, 0.15) is 17.3 Å². The molecule has 0 bridgehead atoms. The number of rotatable bonds is 2. The lowest BCUT2D eigenvalue weighted by molar-refractivity contribution is -0.130. The van der Waals surface area contributed by atoms with Crippen molar-refractivity contribution in [3.8, 4) is 5.75 Å². The minimum absolute atomic E-state index is 0.0209. The van der Waals surface area contributed by atoms with Gasteiger partial charge >= 0.3 is 0 Å². The Hall–Kier alpha value is -1.46. The number of nitrogens with zero attached hydrogens (tertiary/aromatic N) is 2. The van der Waals surface area contributed by atoms with Crippen LogP contribution in [0.5, 0.6) is 5.75 Å². The number of ether oxygens (including phenoxy) is 1. The number of carbonyl (C=O) groups is 2. The Bertz CT molecular complexity index is 570. The van der Waals surface area contributed by atoms with E-state index < -0.39 is 0 Å². The highest BCUT2D eigenvalue weighted by Crippen LogP contribution is 2.31. The topological polar surface area (TPSA) is 49.9 Å². The SMILES string of the molecule is COc1cc(Cl)c(C(=O)N2CCN(C(C)=O)CC2)cc1Cl. The second-order valence-corrected chi connectivity index (χ2v) is 5.58. The first-order valence-electron chi connectivity index (χ1n) is 6.52. The van der Waals surface area contributed by atoms with E-state index in [9.17, 15) is 9.59 Å². The smallest absolute Gasteiger partial charge is 0.255 e. The normalized spacial score (nSPS) is 15.0. The fourth-order valence-electron chi connectivity index (χ4n) is 2.24. The Kier molecular flexibility index (Phi) is 4.96. The third-order valence-corrected chi connectivity index (χ3v) is 4.09. The van der Waals surface area contributed by atoms with E-state index in [0.29, 0.717) is 47.5 Å². The van der Waals surface area contributed by atoms with Gasteiger partial charge in [0.15, 0.2) is 0 Å². The molecule has 0 atom stereocenters. The predicted octanol–water partition coefficient (Wildman–Crippen LogP) is 2.31. The summed E-state index contributed by atoms with van der Waals surface area (Å²) in [5.74, 6) is 0.264. The average Bonchev–Trinajstić information content (AvgIpc) is 2.48. The fraction of sp³-hybridized carbons (Fsp3) is 0.429. The minimum Gasteiger partial charge on any atom is -0.495 e. The van der Waals surface area contributed by atoms with Crippen LogP contribution in [0.4, 0.5) is 0 Å². The molecule has 1 aromatic carbocycles. The lowest BCUT2D eigenvalue weighted by Crippen LogP contribution is -2.50. The average molecular weight is 331 g/mol. The van der Waals surface area contributed by atoms with Crippen molar-refractivity contribution in [2.24, 2.45) is 0 Å². The number of methoxy groups -OCH3 is 1. The first-order chi connectivity index (χ1) is 9.93. The molecule has 21 heavy (non-hydrogen) atoms. The van der Waals surface area contributed by atoms with Crippen molar-refractivity contribution in [2.75, 3.05) is 33.3 Å². The summed E-state index contributed by atoms with van der Waals surface area (Å²) in [4.78, 5) is 27.2. The van der Waals surface area contributed by atoms with Crippen LogP contribution in [-0.4, -0.2) is 54.9 Å². The van der Waals surface area contributed by atoms with Crippen LogP contribution in [-0.2, 0) is 4.79 Å². The summed E-state index contributed by atoms with van der Waals surface area (Å²) >= 11 is 12.2. The van der Waals surface area contributed by atoms with Crippen LogP contribution in [0.25, 0.3) is 0 Å². The number of amides is 2. The summed E-state index contributed by atoms with van der Waals surface area (Å²) in [6, 6.07) is 3.05. The van der Waals surface area contributed by atoms with Gasteiger partial charge in [-0.15, -0.1) is 0 Å². The Morgan fingerprint density at radius 1 is 1.05 bits per heavy atom. The molecule has 1 aliphatic heterocycles. The molecule has 114 valence electrons. The molecule has 0 spiro atoms. The molecule has 0 unspecified atom stereocenters. The Balaban J connectivity index is 2.14. The van der Waals surface area contributed by atoms with Gasteiger partial charge in [0.25, 0.3) is 5.91 Å². The Morgan fingerprint density at radius 3 is 2.14 bits per heavy atom. The maximum absolute atomic E-state index is 12.5. The van der Waals surface area contributed by atoms with Gasteiger partial charge in [0, 0.05) is 39.2 Å². The van der Waals surface area contributed by atoms with E-state index in [4.69, 9.17) is 27.9 Å². The van der Waals surface area contributed by atoms with Gasteiger partial charge in [0.1, 0.15) is 5.75 Å². The summed E-state index contributed by atoms with van der Waals surface area (Å²) in [6.07, 6.45) is 0. The Labute approximate surface area is 133 Å². The van der Waals surface area contributed by atoms with Gasteiger partial charge in [-0.2, -0.15) is 0 Å². The van der Waals surface area contributed by atoms with Crippen molar-refractivity contribution >= 4 is 35.0 Å². The monoisotopic (exact) mass is 330 g/mol. The van der Waals surface area contributed by atoms with Gasteiger partial charge in [0.2, 0.25) is 5.91 Å². The van der Waals surface area contributed by atoms with Crippen LogP contribution in [0.3, 0.4) is 0 Å². The summed E-state index contributed by atoms with van der Waals surface area (Å²) in [5, 5.41) is 0.642. The zero-order chi connectivity index (χ0) is 15.6. The number of hydrogen-bond acceptors (Lipinski definition) is 3. The quantitative estimate of drug-likeness (QED) is 0.836. The molecular formula is C14H16Cl2N2O3. The zero-order valence-corrected chi connectivity index (χ0v) is 13.4. The molecule has 1 fully saturated rings. The molecular weight excluding hydrogens is 315 g/mol. The van der Waals surface area contributed by atoms with Crippen molar-refractivity contribution < 1.29 is 14.3 Å². The second-order valence-electron chi connectivity index (χ2n) is 4.76. The molecule has 0 aromatic heterocycles. The van der Waals surface area contributed by atoms with E-state index in [-0.39, 0.29) is 11.8 Å². The summed E-state index contributed by atoms with van der Waals surface area (Å²) in [7, 11) is 1.49. The molecule has 0 saturated carbocycles. The van der Waals surface area contributed by atoms with Crippen LogP contribution >= 0.6 is 23.2 Å². The molecule has 1 heterocycles. The van der Waals surface area contributed by atoms with E-state index in [1.807, 2.05) is 0 Å². The molecule has 5 nitrogen and oxygen atoms in total. The van der Waals surface area contributed by atoms with Crippen molar-refractivity contribution in [1.82, 2.24) is 9.80 Å². The first-order valence-corrected chi connectivity index (χ1v) is 7.27. The molecule has 0 N–H and O–H groups in total. The van der Waals surface area contributed by atoms with Crippen LogP contribution in [0.2, 0.25) is 10.0 Å². The molecule has 0 aliphatic carbocycles. The van der Waals surface area contributed by atoms with E-state index >= 15 is 0 Å². The molecule has 2 rings (SSSR count). The van der Waals surface area contributed by atoms with Gasteiger partial charge in [-0.05, 0) is 6.07 Å². The van der Waals surface area contributed by atoms with Gasteiger partial charge in [-0.3, -0.25) is 9.59 Å². The molecule has 0 radical (unpaired) electrons. The lowest BCUT2D eigenvalue weighted by atomic mass is 10.1. The van der Waals surface area contributed by atoms with Gasteiger partial charge in [-0.25, -0.2) is 0 Å². The maximum atomic E-state index is 12.5. The van der Waals surface area contributed by atoms with E-state index in [2.05, 4.69) is 0 Å². The summed E-state index contributed by atoms with van der Waals surface area (Å²) < 4.78 is 5.06. The molecule has 2 amide bonds. The number of benzene rings is 1. The Morgan fingerprint density at radius 2 is 1.62 bits per heavy atom. The largest absolute Gasteiger partial charge is 0.495 e. The minimum atomic E-state index is -0.187. The number of piperazine rings is 1. The lowest BCUT2D eigenvalue weighted by Gasteiger charge is -2.34. The van der Waals surface area contributed by atoms with Crippen molar-refractivity contribution in [3.63, 3.8) is 0 Å². The summed E-state index contributed by atoms with van der Waals surface area (Å²) in [5.41, 5.74) is 0.346. The van der Waals surface area contributed by atoms with Crippen molar-refractivity contribution in [1.29, 1.82) is 0 Å². The fourth-order valence-corrected chi connectivity index (χ4v) is 2.72. The number of halogens is 2. The standard InChI is InChI=1S/C14H16Cl2N2O3/c1-9(19)17-3-5-18(6-4-17)14(20)10-7-12(16)13(21-2)8-11(10)15/h7-8H,3-6H2,1-2H3. The third kappa shape index (κ3) is 3.41. The molecule has 1 aliphatic rings. The van der Waals surface area contributed by atoms with Gasteiger partial charge in [0.05, 0.1) is 22.7 Å². The number of carbonyl (C=O) groups excluding carboxylic acids is 2. The highest BCUT2D eigenvalue weighted by atomic mass is 35.5. The third-order valence-electron chi connectivity index (χ3n) is 3.48.